The average Bonchev–Trinajstić information content (AvgIpc) is 3.11. The van der Waals surface area contributed by atoms with E-state index in [0.717, 1.165) is 36.1 Å². The maximum absolute atomic E-state index is 12.3. The number of carbonyl (C=O) groups is 1. The largest absolute Gasteiger partial charge is 0.351 e. The molecule has 4 heteroatoms. The third-order valence-electron chi connectivity index (χ3n) is 4.55. The number of nitrogens with one attached hydrogen (secondary N) is 1. The Labute approximate surface area is 125 Å². The van der Waals surface area contributed by atoms with Gasteiger partial charge in [0.1, 0.15) is 0 Å². The summed E-state index contributed by atoms with van der Waals surface area (Å²) in [5.41, 5.74) is 1.90. The molecule has 1 amide bonds. The molecule has 1 aromatic heterocycles. The molecular formula is C17H23N3O. The second-order valence-corrected chi connectivity index (χ2v) is 5.83. The molecule has 21 heavy (non-hydrogen) atoms. The number of aromatic nitrogens is 1. The monoisotopic (exact) mass is 285 g/mol. The van der Waals surface area contributed by atoms with Gasteiger partial charge in [-0.15, -0.1) is 0 Å². The Bertz CT molecular complexity index is 647. The fourth-order valence-electron chi connectivity index (χ4n) is 3.28. The van der Waals surface area contributed by atoms with Crippen LogP contribution in [0.15, 0.2) is 30.5 Å². The lowest BCUT2D eigenvalue weighted by atomic mass is 10.1. The van der Waals surface area contributed by atoms with Crippen LogP contribution in [0.25, 0.3) is 10.9 Å². The maximum Gasteiger partial charge on any atom is 0.251 e. The first kappa shape index (κ1) is 14.1. The van der Waals surface area contributed by atoms with E-state index in [-0.39, 0.29) is 5.91 Å². The lowest BCUT2D eigenvalue weighted by molar-refractivity contribution is 0.0941. The molecule has 1 atom stereocenters. The summed E-state index contributed by atoms with van der Waals surface area (Å²) in [6.07, 6.45) is 4.44. The molecule has 0 aliphatic carbocycles. The van der Waals surface area contributed by atoms with E-state index in [1.54, 1.807) is 0 Å². The minimum Gasteiger partial charge on any atom is -0.351 e. The van der Waals surface area contributed by atoms with Crippen LogP contribution in [0.1, 0.15) is 30.1 Å². The van der Waals surface area contributed by atoms with Crippen LogP contribution in [0.2, 0.25) is 0 Å². The normalized spacial score (nSPS) is 19.2. The van der Waals surface area contributed by atoms with Crippen molar-refractivity contribution in [2.75, 3.05) is 19.6 Å². The van der Waals surface area contributed by atoms with Crippen LogP contribution >= 0.6 is 0 Å². The SMILES string of the molecule is CCN1CCCC1CNC(=O)c1ccc2c(ccn2C)c1. The van der Waals surface area contributed by atoms with Gasteiger partial charge in [-0.25, -0.2) is 0 Å². The Kier molecular flexibility index (Phi) is 3.97. The van der Waals surface area contributed by atoms with Crippen LogP contribution in [0.3, 0.4) is 0 Å². The molecule has 2 aromatic rings. The van der Waals surface area contributed by atoms with Gasteiger partial charge in [0, 0.05) is 42.3 Å². The summed E-state index contributed by atoms with van der Waals surface area (Å²) in [6, 6.07) is 8.43. The van der Waals surface area contributed by atoms with Crippen LogP contribution < -0.4 is 5.32 Å². The van der Waals surface area contributed by atoms with Gasteiger partial charge in [-0.05, 0) is 50.2 Å². The van der Waals surface area contributed by atoms with Crippen LogP contribution in [0.5, 0.6) is 0 Å². The molecule has 1 N–H and O–H groups in total. The highest BCUT2D eigenvalue weighted by Gasteiger charge is 2.23. The van der Waals surface area contributed by atoms with Crippen molar-refractivity contribution in [2.24, 2.45) is 7.05 Å². The lowest BCUT2D eigenvalue weighted by Gasteiger charge is -2.22. The van der Waals surface area contributed by atoms with Gasteiger partial charge >= 0.3 is 0 Å². The summed E-state index contributed by atoms with van der Waals surface area (Å²) in [5.74, 6) is 0.0312. The van der Waals surface area contributed by atoms with Crippen molar-refractivity contribution in [3.8, 4) is 0 Å². The molecule has 2 heterocycles. The van der Waals surface area contributed by atoms with Crippen molar-refractivity contribution in [1.82, 2.24) is 14.8 Å². The minimum absolute atomic E-state index is 0.0312. The highest BCUT2D eigenvalue weighted by atomic mass is 16.1. The van der Waals surface area contributed by atoms with Gasteiger partial charge in [0.2, 0.25) is 0 Å². The molecule has 1 unspecified atom stereocenters. The third kappa shape index (κ3) is 2.81. The summed E-state index contributed by atoms with van der Waals surface area (Å²) in [5, 5.41) is 4.20. The number of benzene rings is 1. The Morgan fingerprint density at radius 3 is 3.05 bits per heavy atom. The van der Waals surface area contributed by atoms with Gasteiger partial charge in [0.05, 0.1) is 0 Å². The number of likely N-dealkylation sites (tertiary alicyclic amines) is 1. The van der Waals surface area contributed by atoms with E-state index < -0.39 is 0 Å². The number of hydrogen-bond donors (Lipinski definition) is 1. The molecule has 4 nitrogen and oxygen atoms in total. The molecule has 3 rings (SSSR count). The fourth-order valence-corrected chi connectivity index (χ4v) is 3.28. The summed E-state index contributed by atoms with van der Waals surface area (Å²) in [4.78, 5) is 14.8. The topological polar surface area (TPSA) is 37.3 Å². The molecule has 112 valence electrons. The van der Waals surface area contributed by atoms with Crippen LogP contribution in [0.4, 0.5) is 0 Å². The average molecular weight is 285 g/mol. The molecular weight excluding hydrogens is 262 g/mol. The summed E-state index contributed by atoms with van der Waals surface area (Å²) in [7, 11) is 2.02. The second kappa shape index (κ2) is 5.90. The van der Waals surface area contributed by atoms with Gasteiger partial charge in [-0.2, -0.15) is 0 Å². The van der Waals surface area contributed by atoms with E-state index in [9.17, 15) is 4.79 Å². The number of fused-ring (bicyclic) bond motifs is 1. The fraction of sp³-hybridized carbons (Fsp3) is 0.471. The highest BCUT2D eigenvalue weighted by Crippen LogP contribution is 2.18. The summed E-state index contributed by atoms with van der Waals surface area (Å²) < 4.78 is 2.06. The Hall–Kier alpha value is -1.81. The van der Waals surface area contributed by atoms with E-state index >= 15 is 0 Å². The quantitative estimate of drug-likeness (QED) is 0.936. The maximum atomic E-state index is 12.3. The third-order valence-corrected chi connectivity index (χ3v) is 4.55. The molecule has 1 fully saturated rings. The zero-order chi connectivity index (χ0) is 14.8. The zero-order valence-corrected chi connectivity index (χ0v) is 12.8. The molecule has 1 aliphatic heterocycles. The second-order valence-electron chi connectivity index (χ2n) is 5.83. The number of amides is 1. The first-order valence-corrected chi connectivity index (χ1v) is 7.76. The number of likely N-dealkylation sites (N-methyl/N-ethyl adjacent to an activating group) is 1. The van der Waals surface area contributed by atoms with Gasteiger partial charge < -0.3 is 9.88 Å². The summed E-state index contributed by atoms with van der Waals surface area (Å²) >= 11 is 0. The number of aryl methyl sites for hydroxylation is 1. The van der Waals surface area contributed by atoms with Crippen molar-refractivity contribution < 1.29 is 4.79 Å². The van der Waals surface area contributed by atoms with Crippen LogP contribution in [0, 0.1) is 0 Å². The molecule has 0 spiro atoms. The van der Waals surface area contributed by atoms with E-state index in [4.69, 9.17) is 0 Å². The first-order valence-electron chi connectivity index (χ1n) is 7.76. The molecule has 1 saturated heterocycles. The van der Waals surface area contributed by atoms with Gasteiger partial charge in [-0.3, -0.25) is 9.69 Å². The Morgan fingerprint density at radius 1 is 1.38 bits per heavy atom. The zero-order valence-electron chi connectivity index (χ0n) is 12.8. The van der Waals surface area contributed by atoms with Crippen molar-refractivity contribution in [1.29, 1.82) is 0 Å². The Morgan fingerprint density at radius 2 is 2.24 bits per heavy atom. The highest BCUT2D eigenvalue weighted by molar-refractivity contribution is 5.98. The van der Waals surface area contributed by atoms with E-state index in [1.165, 1.54) is 12.8 Å². The standard InChI is InChI=1S/C17H23N3O/c1-3-20-9-4-5-15(20)12-18-17(21)14-6-7-16-13(11-14)8-10-19(16)2/h6-8,10-11,15H,3-5,9,12H2,1-2H3,(H,18,21). The minimum atomic E-state index is 0.0312. The van der Waals surface area contributed by atoms with Gasteiger partial charge in [0.25, 0.3) is 5.91 Å². The molecule has 0 radical (unpaired) electrons. The van der Waals surface area contributed by atoms with E-state index in [0.29, 0.717) is 6.04 Å². The number of carbonyl (C=O) groups excluding carboxylic acids is 1. The summed E-state index contributed by atoms with van der Waals surface area (Å²) in [6.45, 7) is 5.16. The number of rotatable bonds is 4. The number of nitrogens with zero attached hydrogens (tertiary/aromatic N) is 2. The van der Waals surface area contributed by atoms with E-state index in [1.807, 2.05) is 37.5 Å². The van der Waals surface area contributed by atoms with Crippen molar-refractivity contribution in [3.05, 3.63) is 36.0 Å². The van der Waals surface area contributed by atoms with Crippen molar-refractivity contribution in [3.63, 3.8) is 0 Å². The van der Waals surface area contributed by atoms with Gasteiger partial charge in [-0.1, -0.05) is 6.92 Å². The first-order chi connectivity index (χ1) is 10.2. The molecule has 1 aliphatic rings. The predicted molar refractivity (Wildman–Crippen MR) is 85.5 cm³/mol. The number of hydrogen-bond acceptors (Lipinski definition) is 2. The van der Waals surface area contributed by atoms with Gasteiger partial charge in [0.15, 0.2) is 0 Å². The van der Waals surface area contributed by atoms with Crippen molar-refractivity contribution in [2.45, 2.75) is 25.8 Å². The molecule has 1 aromatic carbocycles. The molecule has 0 saturated carbocycles. The Balaban J connectivity index is 1.66. The predicted octanol–water partition coefficient (Wildman–Crippen LogP) is 2.39. The van der Waals surface area contributed by atoms with Crippen molar-refractivity contribution >= 4 is 16.8 Å². The molecule has 0 bridgehead atoms. The van der Waals surface area contributed by atoms with E-state index in [2.05, 4.69) is 21.7 Å². The van der Waals surface area contributed by atoms with Crippen LogP contribution in [-0.4, -0.2) is 41.1 Å². The lowest BCUT2D eigenvalue weighted by Crippen LogP contribution is -2.40. The smallest absolute Gasteiger partial charge is 0.251 e. The van der Waals surface area contributed by atoms with Crippen LogP contribution in [-0.2, 0) is 7.05 Å².